The molecule has 0 N–H and O–H groups in total. The number of benzene rings is 1. The number of rotatable bonds is 3. The summed E-state index contributed by atoms with van der Waals surface area (Å²) < 4.78 is 18.5. The Morgan fingerprint density at radius 1 is 1.35 bits per heavy atom. The average molecular weight is 252 g/mol. The Labute approximate surface area is 104 Å². The molecule has 0 unspecified atom stereocenters. The SMILES string of the molecule is Cc1cc(CCl)cnc1Oc1cccc(F)c1. The molecule has 1 aromatic carbocycles. The zero-order valence-corrected chi connectivity index (χ0v) is 10.0. The Kier molecular flexibility index (Phi) is 3.59. The van der Waals surface area contributed by atoms with Crippen LogP contribution in [0.15, 0.2) is 36.5 Å². The van der Waals surface area contributed by atoms with Gasteiger partial charge in [0.15, 0.2) is 0 Å². The molecule has 0 atom stereocenters. The third-order valence-corrected chi connectivity index (χ3v) is 2.56. The van der Waals surface area contributed by atoms with E-state index in [1.807, 2.05) is 13.0 Å². The second-order valence-corrected chi connectivity index (χ2v) is 3.93. The summed E-state index contributed by atoms with van der Waals surface area (Å²) in [4.78, 5) is 4.14. The van der Waals surface area contributed by atoms with Gasteiger partial charge in [0.25, 0.3) is 0 Å². The van der Waals surface area contributed by atoms with Crippen molar-refractivity contribution in [1.29, 1.82) is 0 Å². The summed E-state index contributed by atoms with van der Waals surface area (Å²) >= 11 is 5.70. The van der Waals surface area contributed by atoms with E-state index >= 15 is 0 Å². The van der Waals surface area contributed by atoms with E-state index in [-0.39, 0.29) is 5.82 Å². The fourth-order valence-electron chi connectivity index (χ4n) is 1.44. The maximum absolute atomic E-state index is 13.0. The van der Waals surface area contributed by atoms with Crippen LogP contribution < -0.4 is 4.74 Å². The van der Waals surface area contributed by atoms with Crippen LogP contribution in [0.25, 0.3) is 0 Å². The van der Waals surface area contributed by atoms with Gasteiger partial charge in [-0.05, 0) is 30.7 Å². The molecule has 1 heterocycles. The fraction of sp³-hybridized carbons (Fsp3) is 0.154. The van der Waals surface area contributed by atoms with E-state index in [0.29, 0.717) is 17.5 Å². The highest BCUT2D eigenvalue weighted by atomic mass is 35.5. The molecule has 0 aliphatic heterocycles. The van der Waals surface area contributed by atoms with Crippen molar-refractivity contribution in [2.24, 2.45) is 0 Å². The van der Waals surface area contributed by atoms with Crippen LogP contribution in [-0.4, -0.2) is 4.98 Å². The molecule has 2 aromatic rings. The molecule has 2 nitrogen and oxygen atoms in total. The Balaban J connectivity index is 2.24. The summed E-state index contributed by atoms with van der Waals surface area (Å²) in [5.74, 6) is 0.967. The third kappa shape index (κ3) is 2.94. The van der Waals surface area contributed by atoms with E-state index in [9.17, 15) is 4.39 Å². The van der Waals surface area contributed by atoms with E-state index in [1.165, 1.54) is 12.1 Å². The topological polar surface area (TPSA) is 22.1 Å². The van der Waals surface area contributed by atoms with Crippen molar-refractivity contribution in [2.75, 3.05) is 0 Å². The Bertz CT molecular complexity index is 531. The molecule has 0 fully saturated rings. The van der Waals surface area contributed by atoms with Crippen LogP contribution in [0.3, 0.4) is 0 Å². The molecule has 88 valence electrons. The minimum absolute atomic E-state index is 0.336. The van der Waals surface area contributed by atoms with Crippen molar-refractivity contribution in [3.05, 3.63) is 53.5 Å². The van der Waals surface area contributed by atoms with Crippen LogP contribution in [0.4, 0.5) is 4.39 Å². The highest BCUT2D eigenvalue weighted by molar-refractivity contribution is 6.17. The van der Waals surface area contributed by atoms with E-state index in [2.05, 4.69) is 4.98 Å². The van der Waals surface area contributed by atoms with E-state index in [4.69, 9.17) is 16.3 Å². The molecule has 0 bridgehead atoms. The summed E-state index contributed by atoms with van der Waals surface area (Å²) in [6.07, 6.45) is 1.65. The standard InChI is InChI=1S/C13H11ClFNO/c1-9-5-10(7-14)8-16-13(9)17-12-4-2-3-11(15)6-12/h2-6,8H,7H2,1H3. The first-order chi connectivity index (χ1) is 8.19. The smallest absolute Gasteiger partial charge is 0.222 e. The molecule has 0 aliphatic carbocycles. The first-order valence-electron chi connectivity index (χ1n) is 5.14. The minimum Gasteiger partial charge on any atom is -0.439 e. The van der Waals surface area contributed by atoms with Crippen LogP contribution in [0.2, 0.25) is 0 Å². The number of nitrogens with zero attached hydrogens (tertiary/aromatic N) is 1. The second-order valence-electron chi connectivity index (χ2n) is 3.66. The number of hydrogen-bond donors (Lipinski definition) is 0. The van der Waals surface area contributed by atoms with Gasteiger partial charge in [-0.25, -0.2) is 9.37 Å². The molecule has 2 rings (SSSR count). The van der Waals surface area contributed by atoms with Crippen molar-refractivity contribution in [3.8, 4) is 11.6 Å². The zero-order chi connectivity index (χ0) is 12.3. The fourth-order valence-corrected chi connectivity index (χ4v) is 1.59. The molecule has 17 heavy (non-hydrogen) atoms. The highest BCUT2D eigenvalue weighted by Crippen LogP contribution is 2.23. The highest BCUT2D eigenvalue weighted by Gasteiger charge is 2.04. The molecule has 0 amide bonds. The first kappa shape index (κ1) is 11.9. The van der Waals surface area contributed by atoms with Crippen molar-refractivity contribution >= 4 is 11.6 Å². The molecule has 0 radical (unpaired) electrons. The lowest BCUT2D eigenvalue weighted by atomic mass is 10.2. The summed E-state index contributed by atoms with van der Waals surface area (Å²) in [5, 5.41) is 0. The molecule has 1 aromatic heterocycles. The largest absolute Gasteiger partial charge is 0.439 e. The van der Waals surface area contributed by atoms with Gasteiger partial charge in [-0.1, -0.05) is 6.07 Å². The van der Waals surface area contributed by atoms with E-state index < -0.39 is 0 Å². The van der Waals surface area contributed by atoms with Gasteiger partial charge in [0.2, 0.25) is 5.88 Å². The van der Waals surface area contributed by atoms with Crippen LogP contribution in [0.5, 0.6) is 11.6 Å². The maximum Gasteiger partial charge on any atom is 0.222 e. The first-order valence-corrected chi connectivity index (χ1v) is 5.67. The van der Waals surface area contributed by atoms with Gasteiger partial charge in [0.05, 0.1) is 0 Å². The van der Waals surface area contributed by atoms with Crippen molar-refractivity contribution in [2.45, 2.75) is 12.8 Å². The summed E-state index contributed by atoms with van der Waals surface area (Å²) in [5.41, 5.74) is 1.79. The Morgan fingerprint density at radius 2 is 2.18 bits per heavy atom. The number of alkyl halides is 1. The minimum atomic E-state index is -0.336. The molecule has 0 saturated heterocycles. The maximum atomic E-state index is 13.0. The lowest BCUT2D eigenvalue weighted by molar-refractivity contribution is 0.454. The second kappa shape index (κ2) is 5.15. The average Bonchev–Trinajstić information content (AvgIpc) is 2.32. The third-order valence-electron chi connectivity index (χ3n) is 2.25. The van der Waals surface area contributed by atoms with E-state index in [0.717, 1.165) is 11.1 Å². The van der Waals surface area contributed by atoms with Gasteiger partial charge in [0, 0.05) is 23.7 Å². The summed E-state index contributed by atoms with van der Waals surface area (Å²) in [7, 11) is 0. The van der Waals surface area contributed by atoms with Gasteiger partial charge in [-0.15, -0.1) is 11.6 Å². The number of aryl methyl sites for hydroxylation is 1. The van der Waals surface area contributed by atoms with Crippen molar-refractivity contribution in [1.82, 2.24) is 4.98 Å². The van der Waals surface area contributed by atoms with Crippen LogP contribution in [0.1, 0.15) is 11.1 Å². The Hall–Kier alpha value is -1.61. The molecule has 4 heteroatoms. The van der Waals surface area contributed by atoms with E-state index in [1.54, 1.807) is 18.3 Å². The predicted molar refractivity (Wildman–Crippen MR) is 65.0 cm³/mol. The van der Waals surface area contributed by atoms with Gasteiger partial charge in [-0.2, -0.15) is 0 Å². The molecular formula is C13H11ClFNO. The molecular weight excluding hydrogens is 241 g/mol. The molecule has 0 aliphatic rings. The number of pyridine rings is 1. The van der Waals surface area contributed by atoms with Crippen LogP contribution >= 0.6 is 11.6 Å². The monoisotopic (exact) mass is 251 g/mol. The van der Waals surface area contributed by atoms with Gasteiger partial charge in [-0.3, -0.25) is 0 Å². The van der Waals surface area contributed by atoms with Crippen molar-refractivity contribution in [3.63, 3.8) is 0 Å². The van der Waals surface area contributed by atoms with Crippen molar-refractivity contribution < 1.29 is 9.13 Å². The van der Waals surface area contributed by atoms with Gasteiger partial charge in [0.1, 0.15) is 11.6 Å². The zero-order valence-electron chi connectivity index (χ0n) is 9.28. The number of halogens is 2. The summed E-state index contributed by atoms with van der Waals surface area (Å²) in [6.45, 7) is 1.87. The Morgan fingerprint density at radius 3 is 2.82 bits per heavy atom. The van der Waals surface area contributed by atoms with Gasteiger partial charge >= 0.3 is 0 Å². The normalized spacial score (nSPS) is 10.3. The molecule has 0 spiro atoms. The lowest BCUT2D eigenvalue weighted by Crippen LogP contribution is -1.93. The molecule has 0 saturated carbocycles. The predicted octanol–water partition coefficient (Wildman–Crippen LogP) is 4.06. The van der Waals surface area contributed by atoms with Crippen LogP contribution in [-0.2, 0) is 5.88 Å². The van der Waals surface area contributed by atoms with Crippen LogP contribution in [0, 0.1) is 12.7 Å². The lowest BCUT2D eigenvalue weighted by Gasteiger charge is -2.08. The quantitative estimate of drug-likeness (QED) is 0.768. The number of aromatic nitrogens is 1. The summed E-state index contributed by atoms with van der Waals surface area (Å²) in [6, 6.07) is 7.85. The number of hydrogen-bond acceptors (Lipinski definition) is 2. The van der Waals surface area contributed by atoms with Gasteiger partial charge < -0.3 is 4.74 Å². The number of ether oxygens (including phenoxy) is 1.